The molecule has 142 valence electrons. The standard InChI is InChI=1S/C18H25N5O2.HI/c1-18(2,3)14-10-21-15(25-14)11-23-17(20-4)22-9-12-5-7-13(8-6-12)16(19)24;/h5-8,10H,9,11H2,1-4H3,(H2,19,24)(H2,20,22,23);1H. The normalized spacial score (nSPS) is 11.6. The maximum atomic E-state index is 11.1. The van der Waals surface area contributed by atoms with Gasteiger partial charge in [0.2, 0.25) is 11.8 Å². The molecular formula is C18H26IN5O2. The fourth-order valence-electron chi connectivity index (χ4n) is 2.09. The number of primary amides is 1. The Bertz CT molecular complexity index is 748. The molecule has 0 saturated carbocycles. The first-order valence-electron chi connectivity index (χ1n) is 8.08. The number of oxazole rings is 1. The number of guanidine groups is 1. The van der Waals surface area contributed by atoms with Crippen molar-refractivity contribution in [3.8, 4) is 0 Å². The number of nitrogens with zero attached hydrogens (tertiary/aromatic N) is 2. The summed E-state index contributed by atoms with van der Waals surface area (Å²) in [7, 11) is 1.70. The molecule has 1 aromatic carbocycles. The van der Waals surface area contributed by atoms with Crippen molar-refractivity contribution < 1.29 is 9.21 Å². The summed E-state index contributed by atoms with van der Waals surface area (Å²) in [5.74, 6) is 1.66. The van der Waals surface area contributed by atoms with Gasteiger partial charge in [0.1, 0.15) is 5.76 Å². The van der Waals surface area contributed by atoms with Gasteiger partial charge in [-0.1, -0.05) is 32.9 Å². The van der Waals surface area contributed by atoms with Gasteiger partial charge >= 0.3 is 0 Å². The minimum absolute atomic E-state index is 0. The Morgan fingerprint density at radius 1 is 1.19 bits per heavy atom. The van der Waals surface area contributed by atoms with E-state index in [1.165, 1.54) is 0 Å². The summed E-state index contributed by atoms with van der Waals surface area (Å²) in [6.45, 7) is 7.24. The molecule has 0 radical (unpaired) electrons. The summed E-state index contributed by atoms with van der Waals surface area (Å²) in [5, 5.41) is 6.35. The first-order chi connectivity index (χ1) is 11.8. The van der Waals surface area contributed by atoms with Crippen molar-refractivity contribution in [2.45, 2.75) is 39.3 Å². The van der Waals surface area contributed by atoms with Crippen LogP contribution < -0.4 is 16.4 Å². The lowest BCUT2D eigenvalue weighted by Gasteiger charge is -2.13. The zero-order chi connectivity index (χ0) is 18.4. The van der Waals surface area contributed by atoms with Crippen molar-refractivity contribution in [3.63, 3.8) is 0 Å². The molecule has 1 amide bonds. The van der Waals surface area contributed by atoms with Crippen molar-refractivity contribution >= 4 is 35.8 Å². The van der Waals surface area contributed by atoms with Gasteiger partial charge in [-0.05, 0) is 17.7 Å². The van der Waals surface area contributed by atoms with Crippen LogP contribution in [0, 0.1) is 0 Å². The van der Waals surface area contributed by atoms with Crippen LogP contribution in [0.25, 0.3) is 0 Å². The zero-order valence-corrected chi connectivity index (χ0v) is 17.8. The van der Waals surface area contributed by atoms with Crippen LogP contribution >= 0.6 is 24.0 Å². The van der Waals surface area contributed by atoms with Crippen LogP contribution in [0.4, 0.5) is 0 Å². The SMILES string of the molecule is CN=C(NCc1ccc(C(N)=O)cc1)NCc1ncc(C(C)(C)C)o1.I. The van der Waals surface area contributed by atoms with Crippen LogP contribution in [0.3, 0.4) is 0 Å². The third kappa shape index (κ3) is 6.32. The van der Waals surface area contributed by atoms with Gasteiger partial charge in [-0.2, -0.15) is 0 Å². The summed E-state index contributed by atoms with van der Waals surface area (Å²) in [6, 6.07) is 7.11. The number of rotatable bonds is 5. The Kier molecular flexibility index (Phi) is 8.07. The number of nitrogens with one attached hydrogen (secondary N) is 2. The molecule has 1 aromatic heterocycles. The van der Waals surface area contributed by atoms with Crippen LogP contribution in [-0.2, 0) is 18.5 Å². The molecule has 7 nitrogen and oxygen atoms in total. The van der Waals surface area contributed by atoms with Gasteiger partial charge in [0.25, 0.3) is 0 Å². The highest BCUT2D eigenvalue weighted by molar-refractivity contribution is 14.0. The van der Waals surface area contributed by atoms with Crippen LogP contribution in [0.2, 0.25) is 0 Å². The van der Waals surface area contributed by atoms with E-state index < -0.39 is 5.91 Å². The monoisotopic (exact) mass is 471 g/mol. The number of carbonyl (C=O) groups is 1. The van der Waals surface area contributed by atoms with Crippen molar-refractivity contribution in [2.75, 3.05) is 7.05 Å². The number of hydrogen-bond acceptors (Lipinski definition) is 4. The molecule has 8 heteroatoms. The Hall–Kier alpha value is -2.10. The Morgan fingerprint density at radius 2 is 1.81 bits per heavy atom. The Labute approximate surface area is 170 Å². The molecule has 1 heterocycles. The lowest BCUT2D eigenvalue weighted by Crippen LogP contribution is -2.36. The first kappa shape index (κ1) is 21.9. The van der Waals surface area contributed by atoms with E-state index >= 15 is 0 Å². The van der Waals surface area contributed by atoms with Gasteiger partial charge in [-0.15, -0.1) is 24.0 Å². The molecule has 0 unspecified atom stereocenters. The molecule has 2 aromatic rings. The predicted octanol–water partition coefficient (Wildman–Crippen LogP) is 2.55. The first-order valence-corrected chi connectivity index (χ1v) is 8.08. The number of aromatic nitrogens is 1. The second-order valence-corrected chi connectivity index (χ2v) is 6.71. The van der Waals surface area contributed by atoms with Crippen LogP contribution in [0.1, 0.15) is 48.3 Å². The molecule has 0 atom stereocenters. The molecule has 26 heavy (non-hydrogen) atoms. The maximum absolute atomic E-state index is 11.1. The van der Waals surface area contributed by atoms with E-state index in [2.05, 4.69) is 41.4 Å². The third-order valence-electron chi connectivity index (χ3n) is 3.62. The van der Waals surface area contributed by atoms with Gasteiger partial charge in [-0.25, -0.2) is 4.98 Å². The predicted molar refractivity (Wildman–Crippen MR) is 113 cm³/mol. The summed E-state index contributed by atoms with van der Waals surface area (Å²) < 4.78 is 5.74. The molecule has 0 aliphatic heterocycles. The molecular weight excluding hydrogens is 445 g/mol. The van der Waals surface area contributed by atoms with Crippen molar-refractivity contribution in [2.24, 2.45) is 10.7 Å². The summed E-state index contributed by atoms with van der Waals surface area (Å²) in [6.07, 6.45) is 1.76. The topological polar surface area (TPSA) is 106 Å². The highest BCUT2D eigenvalue weighted by Crippen LogP contribution is 2.22. The fourth-order valence-corrected chi connectivity index (χ4v) is 2.09. The molecule has 0 fully saturated rings. The van der Waals surface area contributed by atoms with E-state index in [4.69, 9.17) is 10.2 Å². The van der Waals surface area contributed by atoms with E-state index in [0.29, 0.717) is 30.5 Å². The number of hydrogen-bond donors (Lipinski definition) is 3. The third-order valence-corrected chi connectivity index (χ3v) is 3.62. The summed E-state index contributed by atoms with van der Waals surface area (Å²) in [5.41, 5.74) is 6.67. The molecule has 4 N–H and O–H groups in total. The lowest BCUT2D eigenvalue weighted by molar-refractivity contribution is 0.100. The van der Waals surface area contributed by atoms with Crippen LogP contribution in [-0.4, -0.2) is 23.9 Å². The lowest BCUT2D eigenvalue weighted by atomic mass is 9.94. The van der Waals surface area contributed by atoms with Gasteiger partial charge < -0.3 is 20.8 Å². The highest BCUT2D eigenvalue weighted by Gasteiger charge is 2.19. The van der Waals surface area contributed by atoms with Crippen LogP contribution in [0.15, 0.2) is 39.9 Å². The van der Waals surface area contributed by atoms with E-state index in [0.717, 1.165) is 11.3 Å². The number of halogens is 1. The average molecular weight is 471 g/mol. The van der Waals surface area contributed by atoms with Gasteiger partial charge in [0.05, 0.1) is 12.7 Å². The van der Waals surface area contributed by atoms with Gasteiger partial charge in [-0.3, -0.25) is 9.79 Å². The van der Waals surface area contributed by atoms with E-state index in [-0.39, 0.29) is 29.4 Å². The van der Waals surface area contributed by atoms with Crippen LogP contribution in [0.5, 0.6) is 0 Å². The number of carbonyl (C=O) groups excluding carboxylic acids is 1. The number of aliphatic imine (C=N–C) groups is 1. The van der Waals surface area contributed by atoms with Crippen molar-refractivity contribution in [1.82, 2.24) is 15.6 Å². The molecule has 2 rings (SSSR count). The second kappa shape index (κ2) is 9.56. The van der Waals surface area contributed by atoms with E-state index in [1.807, 2.05) is 12.1 Å². The number of nitrogens with two attached hydrogens (primary N) is 1. The van der Waals surface area contributed by atoms with Gasteiger partial charge in [0, 0.05) is 24.6 Å². The molecule has 0 aliphatic carbocycles. The molecule has 0 aliphatic rings. The average Bonchev–Trinajstić information content (AvgIpc) is 3.04. The van der Waals surface area contributed by atoms with E-state index in [1.54, 1.807) is 25.4 Å². The Balaban J connectivity index is 0.00000338. The maximum Gasteiger partial charge on any atom is 0.248 e. The number of amides is 1. The smallest absolute Gasteiger partial charge is 0.248 e. The quantitative estimate of drug-likeness (QED) is 0.353. The van der Waals surface area contributed by atoms with Crippen molar-refractivity contribution in [1.29, 1.82) is 0 Å². The minimum Gasteiger partial charge on any atom is -0.443 e. The fraction of sp³-hybridized carbons (Fsp3) is 0.389. The van der Waals surface area contributed by atoms with Gasteiger partial charge in [0.15, 0.2) is 5.96 Å². The van der Waals surface area contributed by atoms with E-state index in [9.17, 15) is 4.79 Å². The minimum atomic E-state index is -0.433. The summed E-state index contributed by atoms with van der Waals surface area (Å²) in [4.78, 5) is 19.5. The molecule has 0 bridgehead atoms. The second-order valence-electron chi connectivity index (χ2n) is 6.71. The number of benzene rings is 1. The summed E-state index contributed by atoms with van der Waals surface area (Å²) >= 11 is 0. The van der Waals surface area contributed by atoms with Crippen molar-refractivity contribution in [3.05, 3.63) is 53.2 Å². The highest BCUT2D eigenvalue weighted by atomic mass is 127. The molecule has 0 spiro atoms. The molecule has 0 saturated heterocycles. The Morgan fingerprint density at radius 3 is 2.31 bits per heavy atom. The largest absolute Gasteiger partial charge is 0.443 e. The zero-order valence-electron chi connectivity index (χ0n) is 15.5.